The van der Waals surface area contributed by atoms with E-state index in [-0.39, 0.29) is 0 Å². The molecule has 0 aromatic heterocycles. The molecule has 6 aromatic carbocycles. The SMILES string of the molecule is c1ccc(-c2ccc3c(C4CC4)c4ccccc4c(-c4ccc5ccccc5c4)c3c2)cc1. The van der Waals surface area contributed by atoms with Gasteiger partial charge < -0.3 is 0 Å². The Kier molecular flexibility index (Phi) is 4.14. The van der Waals surface area contributed by atoms with Gasteiger partial charge in [0.1, 0.15) is 0 Å². The summed E-state index contributed by atoms with van der Waals surface area (Å²) in [6, 6.07) is 42.5. The third-order valence-electron chi connectivity index (χ3n) is 7.20. The summed E-state index contributed by atoms with van der Waals surface area (Å²) < 4.78 is 0. The van der Waals surface area contributed by atoms with Gasteiger partial charge in [-0.25, -0.2) is 0 Å². The van der Waals surface area contributed by atoms with E-state index in [4.69, 9.17) is 0 Å². The second-order valence-electron chi connectivity index (χ2n) is 9.30. The molecule has 156 valence electrons. The molecule has 0 bridgehead atoms. The minimum absolute atomic E-state index is 0.686. The molecule has 0 heterocycles. The van der Waals surface area contributed by atoms with Crippen LogP contribution >= 0.6 is 0 Å². The average molecular weight is 421 g/mol. The van der Waals surface area contributed by atoms with Crippen molar-refractivity contribution in [2.75, 3.05) is 0 Å². The van der Waals surface area contributed by atoms with Crippen molar-refractivity contribution < 1.29 is 0 Å². The van der Waals surface area contributed by atoms with Gasteiger partial charge in [0, 0.05) is 0 Å². The predicted molar refractivity (Wildman–Crippen MR) is 142 cm³/mol. The second kappa shape index (κ2) is 7.32. The maximum absolute atomic E-state index is 2.42. The Labute approximate surface area is 194 Å². The van der Waals surface area contributed by atoms with E-state index < -0.39 is 0 Å². The summed E-state index contributed by atoms with van der Waals surface area (Å²) in [6.45, 7) is 0. The molecular weight excluding hydrogens is 396 g/mol. The lowest BCUT2D eigenvalue weighted by molar-refractivity contribution is 1.17. The second-order valence-corrected chi connectivity index (χ2v) is 9.30. The third-order valence-corrected chi connectivity index (χ3v) is 7.20. The fourth-order valence-electron chi connectivity index (χ4n) is 5.49. The van der Waals surface area contributed by atoms with Gasteiger partial charge in [0.2, 0.25) is 0 Å². The summed E-state index contributed by atoms with van der Waals surface area (Å²) in [6.07, 6.45) is 2.60. The maximum Gasteiger partial charge on any atom is -0.00262 e. The van der Waals surface area contributed by atoms with Gasteiger partial charge >= 0.3 is 0 Å². The molecule has 1 aliphatic carbocycles. The van der Waals surface area contributed by atoms with Gasteiger partial charge in [-0.15, -0.1) is 0 Å². The quantitative estimate of drug-likeness (QED) is 0.250. The van der Waals surface area contributed by atoms with Crippen molar-refractivity contribution >= 4 is 32.3 Å². The molecule has 0 unspecified atom stereocenters. The highest BCUT2D eigenvalue weighted by Gasteiger charge is 2.29. The van der Waals surface area contributed by atoms with Crippen molar-refractivity contribution in [3.63, 3.8) is 0 Å². The van der Waals surface area contributed by atoms with Gasteiger partial charge in [-0.05, 0) is 91.0 Å². The van der Waals surface area contributed by atoms with Crippen LogP contribution in [0.5, 0.6) is 0 Å². The van der Waals surface area contributed by atoms with Crippen molar-refractivity contribution in [2.45, 2.75) is 18.8 Å². The molecular formula is C33H24. The molecule has 7 rings (SSSR count). The molecule has 0 atom stereocenters. The fourth-order valence-corrected chi connectivity index (χ4v) is 5.49. The molecule has 0 amide bonds. The Morgan fingerprint density at radius 2 is 1.09 bits per heavy atom. The Bertz CT molecular complexity index is 1650. The highest BCUT2D eigenvalue weighted by atomic mass is 14.3. The summed E-state index contributed by atoms with van der Waals surface area (Å²) in [5, 5.41) is 8.15. The van der Waals surface area contributed by atoms with Gasteiger partial charge in [0.05, 0.1) is 0 Å². The first-order valence-corrected chi connectivity index (χ1v) is 11.9. The molecule has 1 aliphatic rings. The third kappa shape index (κ3) is 3.06. The van der Waals surface area contributed by atoms with Gasteiger partial charge in [-0.3, -0.25) is 0 Å². The van der Waals surface area contributed by atoms with Gasteiger partial charge in [-0.2, -0.15) is 0 Å². The molecule has 33 heavy (non-hydrogen) atoms. The normalized spacial score (nSPS) is 13.7. The Balaban J connectivity index is 1.62. The van der Waals surface area contributed by atoms with Crippen LogP contribution in [0.2, 0.25) is 0 Å². The lowest BCUT2D eigenvalue weighted by Gasteiger charge is -2.18. The minimum atomic E-state index is 0.686. The van der Waals surface area contributed by atoms with E-state index in [1.165, 1.54) is 67.4 Å². The monoisotopic (exact) mass is 420 g/mol. The van der Waals surface area contributed by atoms with Crippen LogP contribution in [0.25, 0.3) is 54.6 Å². The standard InChI is InChI=1S/C33H24/c1-2-8-22(9-3-1)26-18-19-30-31(21-26)33(27-17-14-23-10-4-5-11-25(23)20-27)29-13-7-6-12-28(29)32(30)24-15-16-24/h1-14,17-21,24H,15-16H2. The average Bonchev–Trinajstić information content (AvgIpc) is 3.72. The number of fused-ring (bicyclic) bond motifs is 3. The molecule has 6 aromatic rings. The number of benzene rings is 6. The predicted octanol–water partition coefficient (Wildman–Crippen LogP) is 9.36. The number of hydrogen-bond acceptors (Lipinski definition) is 0. The Morgan fingerprint density at radius 1 is 0.424 bits per heavy atom. The topological polar surface area (TPSA) is 0 Å². The molecule has 0 N–H and O–H groups in total. The zero-order valence-corrected chi connectivity index (χ0v) is 18.5. The zero-order valence-electron chi connectivity index (χ0n) is 18.5. The Hall–Kier alpha value is -3.90. The fraction of sp³-hybridized carbons (Fsp3) is 0.0909. The summed E-state index contributed by atoms with van der Waals surface area (Å²) >= 11 is 0. The van der Waals surface area contributed by atoms with Crippen LogP contribution in [0.4, 0.5) is 0 Å². The lowest BCUT2D eigenvalue weighted by atomic mass is 9.85. The molecule has 0 aliphatic heterocycles. The Morgan fingerprint density at radius 3 is 1.91 bits per heavy atom. The summed E-state index contributed by atoms with van der Waals surface area (Å²) in [5.41, 5.74) is 6.74. The van der Waals surface area contributed by atoms with Crippen LogP contribution in [0.15, 0.2) is 115 Å². The van der Waals surface area contributed by atoms with E-state index in [0.29, 0.717) is 5.92 Å². The summed E-state index contributed by atoms with van der Waals surface area (Å²) in [5.74, 6) is 0.686. The lowest BCUT2D eigenvalue weighted by Crippen LogP contribution is -1.93. The van der Waals surface area contributed by atoms with Crippen molar-refractivity contribution in [2.24, 2.45) is 0 Å². The first kappa shape index (κ1) is 18.7. The zero-order chi connectivity index (χ0) is 21.8. The number of hydrogen-bond donors (Lipinski definition) is 0. The van der Waals surface area contributed by atoms with Gasteiger partial charge in [0.15, 0.2) is 0 Å². The van der Waals surface area contributed by atoms with E-state index in [0.717, 1.165) is 0 Å². The van der Waals surface area contributed by atoms with Crippen molar-refractivity contribution in [3.8, 4) is 22.3 Å². The van der Waals surface area contributed by atoms with Crippen molar-refractivity contribution in [1.82, 2.24) is 0 Å². The van der Waals surface area contributed by atoms with E-state index in [2.05, 4.69) is 115 Å². The van der Waals surface area contributed by atoms with Crippen molar-refractivity contribution in [1.29, 1.82) is 0 Å². The minimum Gasteiger partial charge on any atom is -0.0622 e. The van der Waals surface area contributed by atoms with Gasteiger partial charge in [0.25, 0.3) is 0 Å². The van der Waals surface area contributed by atoms with E-state index >= 15 is 0 Å². The van der Waals surface area contributed by atoms with Crippen LogP contribution in [-0.2, 0) is 0 Å². The van der Waals surface area contributed by atoms with E-state index in [1.807, 2.05) is 0 Å². The summed E-state index contributed by atoms with van der Waals surface area (Å²) in [4.78, 5) is 0. The molecule has 1 saturated carbocycles. The first-order chi connectivity index (χ1) is 16.4. The van der Waals surface area contributed by atoms with Crippen LogP contribution in [0.3, 0.4) is 0 Å². The summed E-state index contributed by atoms with van der Waals surface area (Å²) in [7, 11) is 0. The van der Waals surface area contributed by atoms with Crippen LogP contribution in [0.1, 0.15) is 24.3 Å². The smallest absolute Gasteiger partial charge is 0.00262 e. The first-order valence-electron chi connectivity index (χ1n) is 11.9. The van der Waals surface area contributed by atoms with Crippen LogP contribution in [-0.4, -0.2) is 0 Å². The maximum atomic E-state index is 2.42. The molecule has 0 spiro atoms. The molecule has 1 fully saturated rings. The molecule has 0 saturated heterocycles. The van der Waals surface area contributed by atoms with E-state index in [9.17, 15) is 0 Å². The molecule has 0 radical (unpaired) electrons. The largest absolute Gasteiger partial charge is 0.0622 e. The van der Waals surface area contributed by atoms with Crippen LogP contribution in [0, 0.1) is 0 Å². The number of rotatable bonds is 3. The molecule has 0 nitrogen and oxygen atoms in total. The van der Waals surface area contributed by atoms with Crippen LogP contribution < -0.4 is 0 Å². The highest BCUT2D eigenvalue weighted by molar-refractivity contribution is 6.16. The molecule has 0 heteroatoms. The van der Waals surface area contributed by atoms with E-state index in [1.54, 1.807) is 5.56 Å². The van der Waals surface area contributed by atoms with Gasteiger partial charge in [-0.1, -0.05) is 103 Å². The highest BCUT2D eigenvalue weighted by Crippen LogP contribution is 2.50. The van der Waals surface area contributed by atoms with Crippen molar-refractivity contribution in [3.05, 3.63) is 121 Å².